The van der Waals surface area contributed by atoms with Crippen LogP contribution in [0.2, 0.25) is 0 Å². The van der Waals surface area contributed by atoms with Crippen molar-refractivity contribution in [3.8, 4) is 5.75 Å². The first kappa shape index (κ1) is 12.7. The van der Waals surface area contributed by atoms with Gasteiger partial charge in [-0.1, -0.05) is 6.07 Å². The van der Waals surface area contributed by atoms with Crippen molar-refractivity contribution < 1.29 is 9.53 Å². The molecule has 1 aromatic rings. The zero-order chi connectivity index (χ0) is 13.0. The first-order chi connectivity index (χ1) is 8.74. The van der Waals surface area contributed by atoms with Gasteiger partial charge in [0.2, 0.25) is 0 Å². The summed E-state index contributed by atoms with van der Waals surface area (Å²) in [4.78, 5) is 13.8. The average molecular weight is 249 g/mol. The second-order valence-electron chi connectivity index (χ2n) is 4.36. The first-order valence-corrected chi connectivity index (χ1v) is 6.17. The minimum absolute atomic E-state index is 0.0636. The van der Waals surface area contributed by atoms with Crippen LogP contribution in [-0.4, -0.2) is 31.1 Å². The van der Waals surface area contributed by atoms with Crippen LogP contribution in [0.3, 0.4) is 0 Å². The second kappa shape index (κ2) is 5.73. The smallest absolute Gasteiger partial charge is 0.321 e. The number of ether oxygens (including phenoxy) is 1. The third-order valence-corrected chi connectivity index (χ3v) is 3.14. The molecule has 1 saturated heterocycles. The molecule has 2 amide bonds. The molecule has 0 bridgehead atoms. The van der Waals surface area contributed by atoms with Gasteiger partial charge in [-0.2, -0.15) is 0 Å². The molecule has 0 radical (unpaired) electrons. The van der Waals surface area contributed by atoms with Gasteiger partial charge >= 0.3 is 6.03 Å². The van der Waals surface area contributed by atoms with Crippen LogP contribution < -0.4 is 15.8 Å². The van der Waals surface area contributed by atoms with Crippen LogP contribution in [0.15, 0.2) is 18.2 Å². The molecular formula is C13H19N3O2. The summed E-state index contributed by atoms with van der Waals surface area (Å²) in [5.74, 6) is 0.644. The Balaban J connectivity index is 2.10. The molecule has 1 aromatic carbocycles. The molecule has 2 rings (SSSR count). The van der Waals surface area contributed by atoms with Crippen molar-refractivity contribution in [1.82, 2.24) is 4.90 Å². The maximum atomic E-state index is 12.0. The number of methoxy groups -OCH3 is 1. The molecule has 0 spiro atoms. The number of anilines is 1. The molecular weight excluding hydrogens is 230 g/mol. The fourth-order valence-electron chi connectivity index (χ4n) is 2.08. The summed E-state index contributed by atoms with van der Waals surface area (Å²) in [5, 5.41) is 2.88. The van der Waals surface area contributed by atoms with Crippen molar-refractivity contribution >= 4 is 11.7 Å². The van der Waals surface area contributed by atoms with E-state index in [9.17, 15) is 4.79 Å². The van der Waals surface area contributed by atoms with Crippen LogP contribution >= 0.6 is 0 Å². The van der Waals surface area contributed by atoms with Gasteiger partial charge in [-0.25, -0.2) is 4.79 Å². The Bertz CT molecular complexity index is 428. The standard InChI is InChI=1S/C13H19N3O2/c1-18-12-8-10(9-14)4-5-11(12)15-13(17)16-6-2-3-7-16/h4-5,8H,2-3,6-7,9,14H2,1H3,(H,15,17). The fourth-order valence-corrected chi connectivity index (χ4v) is 2.08. The third kappa shape index (κ3) is 2.73. The lowest BCUT2D eigenvalue weighted by Crippen LogP contribution is -2.32. The predicted molar refractivity (Wildman–Crippen MR) is 70.7 cm³/mol. The first-order valence-electron chi connectivity index (χ1n) is 6.17. The number of nitrogens with two attached hydrogens (primary N) is 1. The molecule has 0 saturated carbocycles. The fraction of sp³-hybridized carbons (Fsp3) is 0.462. The number of carbonyl (C=O) groups is 1. The SMILES string of the molecule is COc1cc(CN)ccc1NC(=O)N1CCCC1. The monoisotopic (exact) mass is 249 g/mol. The summed E-state index contributed by atoms with van der Waals surface area (Å²) in [6.07, 6.45) is 2.16. The summed E-state index contributed by atoms with van der Waals surface area (Å²) < 4.78 is 5.26. The molecule has 3 N–H and O–H groups in total. The van der Waals surface area contributed by atoms with Gasteiger partial charge in [0.05, 0.1) is 12.8 Å². The van der Waals surface area contributed by atoms with Crippen molar-refractivity contribution in [3.63, 3.8) is 0 Å². The van der Waals surface area contributed by atoms with Crippen molar-refractivity contribution in [2.45, 2.75) is 19.4 Å². The number of likely N-dealkylation sites (tertiary alicyclic amines) is 1. The minimum Gasteiger partial charge on any atom is -0.495 e. The zero-order valence-corrected chi connectivity index (χ0v) is 10.6. The van der Waals surface area contributed by atoms with E-state index in [1.807, 2.05) is 23.1 Å². The molecule has 0 aliphatic carbocycles. The van der Waals surface area contributed by atoms with Gasteiger partial charge in [-0.3, -0.25) is 0 Å². The van der Waals surface area contributed by atoms with Crippen LogP contribution in [-0.2, 0) is 6.54 Å². The molecule has 1 aliphatic rings. The summed E-state index contributed by atoms with van der Waals surface area (Å²) >= 11 is 0. The van der Waals surface area contributed by atoms with Gasteiger partial charge in [0.1, 0.15) is 5.75 Å². The molecule has 0 atom stereocenters. The molecule has 1 heterocycles. The van der Waals surface area contributed by atoms with Gasteiger partial charge in [0.15, 0.2) is 0 Å². The maximum absolute atomic E-state index is 12.0. The van der Waals surface area contributed by atoms with E-state index in [1.165, 1.54) is 0 Å². The number of benzene rings is 1. The highest BCUT2D eigenvalue weighted by atomic mass is 16.5. The zero-order valence-electron chi connectivity index (χ0n) is 10.6. The summed E-state index contributed by atoms with van der Waals surface area (Å²) in [7, 11) is 1.58. The van der Waals surface area contributed by atoms with Gasteiger partial charge in [0.25, 0.3) is 0 Å². The predicted octanol–water partition coefficient (Wildman–Crippen LogP) is 1.78. The molecule has 0 aromatic heterocycles. The van der Waals surface area contributed by atoms with E-state index >= 15 is 0 Å². The highest BCUT2D eigenvalue weighted by Crippen LogP contribution is 2.26. The van der Waals surface area contributed by atoms with Crippen molar-refractivity contribution in [2.75, 3.05) is 25.5 Å². The Kier molecular flexibility index (Phi) is 4.04. The number of nitrogens with one attached hydrogen (secondary N) is 1. The minimum atomic E-state index is -0.0636. The molecule has 1 fully saturated rings. The molecule has 5 nitrogen and oxygen atoms in total. The van der Waals surface area contributed by atoms with Crippen molar-refractivity contribution in [1.29, 1.82) is 0 Å². The van der Waals surface area contributed by atoms with E-state index in [0.29, 0.717) is 18.0 Å². The number of hydrogen-bond acceptors (Lipinski definition) is 3. The topological polar surface area (TPSA) is 67.6 Å². The summed E-state index contributed by atoms with van der Waals surface area (Å²) in [5.41, 5.74) is 7.24. The number of nitrogens with zero attached hydrogens (tertiary/aromatic N) is 1. The maximum Gasteiger partial charge on any atom is 0.321 e. The van der Waals surface area contributed by atoms with Crippen LogP contribution in [0.4, 0.5) is 10.5 Å². The quantitative estimate of drug-likeness (QED) is 0.858. The molecule has 18 heavy (non-hydrogen) atoms. The normalized spacial score (nSPS) is 14.7. The van der Waals surface area contributed by atoms with Crippen LogP contribution in [0, 0.1) is 0 Å². The Morgan fingerprint density at radius 1 is 1.44 bits per heavy atom. The lowest BCUT2D eigenvalue weighted by Gasteiger charge is -2.18. The number of hydrogen-bond donors (Lipinski definition) is 2. The number of urea groups is 1. The van der Waals surface area contributed by atoms with Crippen molar-refractivity contribution in [3.05, 3.63) is 23.8 Å². The second-order valence-corrected chi connectivity index (χ2v) is 4.36. The van der Waals surface area contributed by atoms with E-state index in [2.05, 4.69) is 5.32 Å². The van der Waals surface area contributed by atoms with E-state index in [0.717, 1.165) is 31.5 Å². The number of carbonyl (C=O) groups excluding carboxylic acids is 1. The Morgan fingerprint density at radius 3 is 2.78 bits per heavy atom. The van der Waals surface area contributed by atoms with E-state index in [1.54, 1.807) is 7.11 Å². The third-order valence-electron chi connectivity index (χ3n) is 3.14. The van der Waals surface area contributed by atoms with E-state index in [-0.39, 0.29) is 6.03 Å². The van der Waals surface area contributed by atoms with Crippen LogP contribution in [0.1, 0.15) is 18.4 Å². The summed E-state index contributed by atoms with van der Waals surface area (Å²) in [6, 6.07) is 5.50. The Hall–Kier alpha value is -1.75. The van der Waals surface area contributed by atoms with E-state index in [4.69, 9.17) is 10.5 Å². The van der Waals surface area contributed by atoms with Crippen molar-refractivity contribution in [2.24, 2.45) is 5.73 Å². The highest BCUT2D eigenvalue weighted by Gasteiger charge is 2.18. The molecule has 0 unspecified atom stereocenters. The van der Waals surface area contributed by atoms with Gasteiger partial charge < -0.3 is 20.7 Å². The summed E-state index contributed by atoms with van der Waals surface area (Å²) in [6.45, 7) is 2.11. The Morgan fingerprint density at radius 2 is 2.17 bits per heavy atom. The van der Waals surface area contributed by atoms with Crippen LogP contribution in [0.5, 0.6) is 5.75 Å². The lowest BCUT2D eigenvalue weighted by molar-refractivity contribution is 0.222. The van der Waals surface area contributed by atoms with Gasteiger partial charge in [-0.15, -0.1) is 0 Å². The van der Waals surface area contributed by atoms with Gasteiger partial charge in [-0.05, 0) is 30.5 Å². The lowest BCUT2D eigenvalue weighted by atomic mass is 10.2. The molecule has 5 heteroatoms. The molecule has 98 valence electrons. The highest BCUT2D eigenvalue weighted by molar-refractivity contribution is 5.91. The molecule has 1 aliphatic heterocycles. The Labute approximate surface area is 107 Å². The number of amides is 2. The van der Waals surface area contributed by atoms with Crippen LogP contribution in [0.25, 0.3) is 0 Å². The van der Waals surface area contributed by atoms with E-state index < -0.39 is 0 Å². The number of rotatable bonds is 3. The largest absolute Gasteiger partial charge is 0.495 e. The van der Waals surface area contributed by atoms with Gasteiger partial charge in [0, 0.05) is 19.6 Å². The average Bonchev–Trinajstić information content (AvgIpc) is 2.93.